The molecule has 0 spiro atoms. The quantitative estimate of drug-likeness (QED) is 0.623. The smallest absolute Gasteiger partial charge is 0.0732 e. The van der Waals surface area contributed by atoms with E-state index < -0.39 is 0 Å². The summed E-state index contributed by atoms with van der Waals surface area (Å²) < 4.78 is 0. The van der Waals surface area contributed by atoms with E-state index in [-0.39, 0.29) is 18.4 Å². The maximum atomic E-state index is 6.14. The molecule has 114 valence electrons. The predicted molar refractivity (Wildman–Crippen MR) is 95.6 cm³/mol. The first-order valence-electron chi connectivity index (χ1n) is 7.01. The van der Waals surface area contributed by atoms with Gasteiger partial charge in [0.25, 0.3) is 0 Å². The van der Waals surface area contributed by atoms with Crippen molar-refractivity contribution in [3.8, 4) is 0 Å². The molecular weight excluding hydrogens is 339 g/mol. The van der Waals surface area contributed by atoms with Crippen molar-refractivity contribution in [3.05, 3.63) is 69.3 Å². The Kier molecular flexibility index (Phi) is 4.37. The third-order valence-corrected chi connectivity index (χ3v) is 4.60. The van der Waals surface area contributed by atoms with Crippen LogP contribution in [0.1, 0.15) is 22.9 Å². The van der Waals surface area contributed by atoms with Gasteiger partial charge in [0.05, 0.1) is 6.04 Å². The maximum absolute atomic E-state index is 6.14. The molecule has 1 unspecified atom stereocenters. The minimum atomic E-state index is 0. The molecule has 2 N–H and O–H groups in total. The first kappa shape index (κ1) is 15.7. The van der Waals surface area contributed by atoms with Crippen molar-refractivity contribution >= 4 is 46.5 Å². The van der Waals surface area contributed by atoms with Crippen molar-refractivity contribution in [2.75, 3.05) is 6.54 Å². The summed E-state index contributed by atoms with van der Waals surface area (Å²) in [6.45, 7) is 0.958. The lowest BCUT2D eigenvalue weighted by molar-refractivity contribution is 0.560. The summed E-state index contributed by atoms with van der Waals surface area (Å²) in [6, 6.07) is 14.2. The van der Waals surface area contributed by atoms with Gasteiger partial charge in [0.2, 0.25) is 0 Å². The molecule has 2 aromatic carbocycles. The van der Waals surface area contributed by atoms with Gasteiger partial charge in [-0.2, -0.15) is 0 Å². The zero-order chi connectivity index (χ0) is 14.4. The van der Waals surface area contributed by atoms with Gasteiger partial charge in [0.15, 0.2) is 0 Å². The number of halogens is 3. The lowest BCUT2D eigenvalue weighted by Gasteiger charge is -2.24. The van der Waals surface area contributed by atoms with E-state index in [0.29, 0.717) is 0 Å². The Balaban J connectivity index is 0.00000144. The summed E-state index contributed by atoms with van der Waals surface area (Å²) in [5.74, 6) is 0. The maximum Gasteiger partial charge on any atom is 0.0732 e. The van der Waals surface area contributed by atoms with Crippen LogP contribution in [0, 0.1) is 0 Å². The third kappa shape index (κ3) is 2.61. The molecule has 0 saturated heterocycles. The normalized spacial score (nSPS) is 17.1. The number of fused-ring (bicyclic) bond motifs is 3. The standard InChI is InChI=1S/C17H14Cl2N2.ClH/c18-11-3-1-10(2-4-11)16-17-13(7-8-20-16)14-9-12(19)5-6-15(14)21-17;/h1-6,9,16,20-21H,7-8H2;1H. The average molecular weight is 354 g/mol. The van der Waals surface area contributed by atoms with Crippen LogP contribution in [0.2, 0.25) is 10.0 Å². The fourth-order valence-electron chi connectivity index (χ4n) is 3.14. The average Bonchev–Trinajstić information content (AvgIpc) is 2.86. The number of rotatable bonds is 1. The van der Waals surface area contributed by atoms with E-state index in [0.717, 1.165) is 28.5 Å². The topological polar surface area (TPSA) is 27.8 Å². The number of H-pyrrole nitrogens is 1. The molecule has 22 heavy (non-hydrogen) atoms. The molecule has 1 aromatic heterocycles. The van der Waals surface area contributed by atoms with Gasteiger partial charge in [-0.3, -0.25) is 0 Å². The van der Waals surface area contributed by atoms with Gasteiger partial charge in [0.1, 0.15) is 0 Å². The molecule has 5 heteroatoms. The molecule has 0 aliphatic carbocycles. The largest absolute Gasteiger partial charge is 0.357 e. The number of benzene rings is 2. The van der Waals surface area contributed by atoms with Crippen LogP contribution < -0.4 is 5.32 Å². The van der Waals surface area contributed by atoms with Gasteiger partial charge in [-0.15, -0.1) is 12.4 Å². The van der Waals surface area contributed by atoms with Crippen LogP contribution in [-0.4, -0.2) is 11.5 Å². The Bertz CT molecular complexity index is 809. The minimum absolute atomic E-state index is 0. The van der Waals surface area contributed by atoms with E-state index in [1.807, 2.05) is 18.2 Å². The van der Waals surface area contributed by atoms with E-state index in [1.54, 1.807) is 0 Å². The van der Waals surface area contributed by atoms with Gasteiger partial charge in [-0.25, -0.2) is 0 Å². The van der Waals surface area contributed by atoms with Gasteiger partial charge < -0.3 is 10.3 Å². The van der Waals surface area contributed by atoms with Crippen molar-refractivity contribution in [1.82, 2.24) is 10.3 Å². The molecule has 0 amide bonds. The van der Waals surface area contributed by atoms with E-state index in [2.05, 4.69) is 34.6 Å². The Hall–Kier alpha value is -1.19. The lowest BCUT2D eigenvalue weighted by atomic mass is 9.94. The Morgan fingerprint density at radius 3 is 2.45 bits per heavy atom. The number of aromatic nitrogens is 1. The summed E-state index contributed by atoms with van der Waals surface area (Å²) in [5.41, 5.74) is 4.97. The van der Waals surface area contributed by atoms with Gasteiger partial charge in [0, 0.05) is 33.2 Å². The molecule has 0 bridgehead atoms. The predicted octanol–water partition coefficient (Wildman–Crippen LogP) is 5.13. The van der Waals surface area contributed by atoms with Crippen LogP contribution in [0.25, 0.3) is 10.9 Å². The Labute approximate surface area is 145 Å². The van der Waals surface area contributed by atoms with E-state index in [4.69, 9.17) is 23.2 Å². The van der Waals surface area contributed by atoms with Crippen LogP contribution in [0.4, 0.5) is 0 Å². The molecule has 1 aliphatic rings. The number of hydrogen-bond acceptors (Lipinski definition) is 1. The molecule has 0 saturated carbocycles. The van der Waals surface area contributed by atoms with Crippen molar-refractivity contribution < 1.29 is 0 Å². The van der Waals surface area contributed by atoms with Crippen molar-refractivity contribution in [3.63, 3.8) is 0 Å². The van der Waals surface area contributed by atoms with Gasteiger partial charge in [-0.05, 0) is 47.9 Å². The second kappa shape index (κ2) is 6.13. The summed E-state index contributed by atoms with van der Waals surface area (Å²) in [7, 11) is 0. The SMILES string of the molecule is Cl.Clc1ccc(C2NCCc3c2[nH]c2ccc(Cl)cc32)cc1. The molecular formula is C17H15Cl3N2. The van der Waals surface area contributed by atoms with Gasteiger partial charge >= 0.3 is 0 Å². The fourth-order valence-corrected chi connectivity index (χ4v) is 3.44. The van der Waals surface area contributed by atoms with Crippen molar-refractivity contribution in [2.45, 2.75) is 12.5 Å². The first-order chi connectivity index (χ1) is 10.2. The fraction of sp³-hybridized carbons (Fsp3) is 0.176. The Morgan fingerprint density at radius 2 is 1.68 bits per heavy atom. The minimum Gasteiger partial charge on any atom is -0.357 e. The molecule has 0 radical (unpaired) electrons. The van der Waals surface area contributed by atoms with Crippen molar-refractivity contribution in [2.24, 2.45) is 0 Å². The Morgan fingerprint density at radius 1 is 0.955 bits per heavy atom. The second-order valence-corrected chi connectivity index (χ2v) is 6.27. The number of nitrogens with one attached hydrogen (secondary N) is 2. The molecule has 4 rings (SSSR count). The van der Waals surface area contributed by atoms with Crippen molar-refractivity contribution in [1.29, 1.82) is 0 Å². The molecule has 2 nitrogen and oxygen atoms in total. The molecule has 1 aliphatic heterocycles. The van der Waals surface area contributed by atoms with Crippen LogP contribution in [0.5, 0.6) is 0 Å². The summed E-state index contributed by atoms with van der Waals surface area (Å²) >= 11 is 12.1. The van der Waals surface area contributed by atoms with E-state index >= 15 is 0 Å². The molecule has 0 fully saturated rings. The van der Waals surface area contributed by atoms with E-state index in [9.17, 15) is 0 Å². The highest BCUT2D eigenvalue weighted by Gasteiger charge is 2.25. The lowest BCUT2D eigenvalue weighted by Crippen LogP contribution is -2.30. The molecule has 3 aromatic rings. The monoisotopic (exact) mass is 352 g/mol. The number of hydrogen-bond donors (Lipinski definition) is 2. The van der Waals surface area contributed by atoms with Crippen LogP contribution in [0.15, 0.2) is 42.5 Å². The van der Waals surface area contributed by atoms with E-state index in [1.165, 1.54) is 22.2 Å². The van der Waals surface area contributed by atoms with Crippen LogP contribution in [-0.2, 0) is 6.42 Å². The first-order valence-corrected chi connectivity index (χ1v) is 7.77. The van der Waals surface area contributed by atoms with Crippen LogP contribution >= 0.6 is 35.6 Å². The third-order valence-electron chi connectivity index (χ3n) is 4.12. The zero-order valence-corrected chi connectivity index (χ0v) is 14.0. The highest BCUT2D eigenvalue weighted by atomic mass is 35.5. The summed E-state index contributed by atoms with van der Waals surface area (Å²) in [4.78, 5) is 3.55. The number of aromatic amines is 1. The molecule has 2 heterocycles. The highest BCUT2D eigenvalue weighted by molar-refractivity contribution is 6.31. The van der Waals surface area contributed by atoms with Crippen LogP contribution in [0.3, 0.4) is 0 Å². The zero-order valence-electron chi connectivity index (χ0n) is 11.7. The summed E-state index contributed by atoms with van der Waals surface area (Å²) in [5, 5.41) is 6.36. The summed E-state index contributed by atoms with van der Waals surface area (Å²) in [6.07, 6.45) is 1.01. The van der Waals surface area contributed by atoms with Gasteiger partial charge in [-0.1, -0.05) is 35.3 Å². The molecule has 1 atom stereocenters. The highest BCUT2D eigenvalue weighted by Crippen LogP contribution is 2.34. The second-order valence-electron chi connectivity index (χ2n) is 5.40.